The lowest BCUT2D eigenvalue weighted by atomic mass is 10.1. The Kier molecular flexibility index (Phi) is 3.12. The molecular formula is C15H11NO3S. The number of ketones is 1. The summed E-state index contributed by atoms with van der Waals surface area (Å²) in [5.74, 6) is 0.514. The molecule has 4 nitrogen and oxygen atoms in total. The van der Waals surface area contributed by atoms with Crippen LogP contribution < -0.4 is 4.74 Å². The highest BCUT2D eigenvalue weighted by Crippen LogP contribution is 2.29. The molecule has 0 aliphatic carbocycles. The number of para-hydroxylation sites is 1. The van der Waals surface area contributed by atoms with E-state index in [-0.39, 0.29) is 11.5 Å². The van der Waals surface area contributed by atoms with E-state index in [0.717, 1.165) is 4.70 Å². The monoisotopic (exact) mass is 285 g/mol. The number of phenolic OH excluding ortho intramolecular Hbond substituents is 1. The van der Waals surface area contributed by atoms with Gasteiger partial charge < -0.3 is 9.84 Å². The Morgan fingerprint density at radius 2 is 2.05 bits per heavy atom. The fourth-order valence-corrected chi connectivity index (χ4v) is 2.91. The van der Waals surface area contributed by atoms with Crippen molar-refractivity contribution in [3.05, 3.63) is 53.0 Å². The summed E-state index contributed by atoms with van der Waals surface area (Å²) >= 11 is 1.26. The summed E-state index contributed by atoms with van der Waals surface area (Å²) in [5.41, 5.74) is 1.18. The van der Waals surface area contributed by atoms with E-state index >= 15 is 0 Å². The third-order valence-corrected chi connectivity index (χ3v) is 3.93. The second-order valence-electron chi connectivity index (χ2n) is 4.20. The summed E-state index contributed by atoms with van der Waals surface area (Å²) in [4.78, 5) is 16.8. The van der Waals surface area contributed by atoms with Crippen molar-refractivity contribution >= 4 is 27.3 Å². The first-order valence-corrected chi connectivity index (χ1v) is 6.78. The van der Waals surface area contributed by atoms with Crippen LogP contribution in [0.2, 0.25) is 0 Å². The average molecular weight is 285 g/mol. The summed E-state index contributed by atoms with van der Waals surface area (Å²) in [7, 11) is 1.53. The normalized spacial score (nSPS) is 10.7. The van der Waals surface area contributed by atoms with Crippen LogP contribution in [-0.2, 0) is 0 Å². The van der Waals surface area contributed by atoms with Crippen LogP contribution in [0.25, 0.3) is 10.2 Å². The minimum atomic E-state index is -0.178. The quantitative estimate of drug-likeness (QED) is 0.750. The SMILES string of the molecule is COc1ccccc1C(=O)c1nc2ccc(O)cc2s1. The van der Waals surface area contributed by atoms with E-state index in [4.69, 9.17) is 4.74 Å². The van der Waals surface area contributed by atoms with Gasteiger partial charge in [0, 0.05) is 0 Å². The van der Waals surface area contributed by atoms with E-state index in [2.05, 4.69) is 4.98 Å². The van der Waals surface area contributed by atoms with Crippen LogP contribution in [0.3, 0.4) is 0 Å². The lowest BCUT2D eigenvalue weighted by Crippen LogP contribution is -2.03. The number of carbonyl (C=O) groups is 1. The zero-order valence-corrected chi connectivity index (χ0v) is 11.5. The molecule has 1 heterocycles. The Hall–Kier alpha value is -2.40. The molecule has 20 heavy (non-hydrogen) atoms. The fraction of sp³-hybridized carbons (Fsp3) is 0.0667. The first-order chi connectivity index (χ1) is 9.69. The number of nitrogens with zero attached hydrogens (tertiary/aromatic N) is 1. The van der Waals surface area contributed by atoms with Gasteiger partial charge in [-0.3, -0.25) is 4.79 Å². The van der Waals surface area contributed by atoms with E-state index in [9.17, 15) is 9.90 Å². The van der Waals surface area contributed by atoms with Crippen LogP contribution >= 0.6 is 11.3 Å². The van der Waals surface area contributed by atoms with Gasteiger partial charge in [-0.05, 0) is 30.3 Å². The third kappa shape index (κ3) is 2.12. The highest BCUT2D eigenvalue weighted by molar-refractivity contribution is 7.20. The van der Waals surface area contributed by atoms with Gasteiger partial charge in [0.05, 0.1) is 22.9 Å². The molecule has 3 rings (SSSR count). The molecule has 0 aliphatic rings. The lowest BCUT2D eigenvalue weighted by molar-refractivity contribution is 0.103. The van der Waals surface area contributed by atoms with Gasteiger partial charge in [0.2, 0.25) is 5.78 Å². The van der Waals surface area contributed by atoms with Crippen LogP contribution in [-0.4, -0.2) is 23.0 Å². The number of benzene rings is 2. The molecule has 1 aromatic heterocycles. The number of phenols is 1. The van der Waals surface area contributed by atoms with Crippen molar-refractivity contribution < 1.29 is 14.6 Å². The molecule has 0 unspecified atom stereocenters. The maximum atomic E-state index is 12.5. The number of rotatable bonds is 3. The minimum absolute atomic E-state index is 0.164. The Balaban J connectivity index is 2.08. The zero-order chi connectivity index (χ0) is 14.1. The first-order valence-electron chi connectivity index (χ1n) is 5.96. The molecule has 3 aromatic rings. The van der Waals surface area contributed by atoms with E-state index in [1.807, 2.05) is 6.07 Å². The number of methoxy groups -OCH3 is 1. The molecule has 5 heteroatoms. The number of carbonyl (C=O) groups excluding carboxylic acids is 1. The van der Waals surface area contributed by atoms with E-state index in [0.29, 0.717) is 21.8 Å². The van der Waals surface area contributed by atoms with E-state index in [1.165, 1.54) is 18.4 Å². The molecule has 100 valence electrons. The van der Waals surface area contributed by atoms with Crippen LogP contribution in [0.5, 0.6) is 11.5 Å². The molecule has 0 spiro atoms. The zero-order valence-electron chi connectivity index (χ0n) is 10.7. The maximum Gasteiger partial charge on any atom is 0.225 e. The Morgan fingerprint density at radius 3 is 2.85 bits per heavy atom. The van der Waals surface area contributed by atoms with Gasteiger partial charge in [0.15, 0.2) is 5.01 Å². The molecule has 0 bridgehead atoms. The number of thiazole rings is 1. The van der Waals surface area contributed by atoms with Crippen LogP contribution in [0.4, 0.5) is 0 Å². The molecule has 0 saturated heterocycles. The molecule has 0 atom stereocenters. The van der Waals surface area contributed by atoms with Crippen molar-refractivity contribution in [2.24, 2.45) is 0 Å². The minimum Gasteiger partial charge on any atom is -0.508 e. The van der Waals surface area contributed by atoms with Crippen molar-refractivity contribution in [3.63, 3.8) is 0 Å². The van der Waals surface area contributed by atoms with Gasteiger partial charge in [0.25, 0.3) is 0 Å². The van der Waals surface area contributed by atoms with Crippen molar-refractivity contribution in [1.29, 1.82) is 0 Å². The molecule has 0 saturated carbocycles. The van der Waals surface area contributed by atoms with Gasteiger partial charge in [-0.15, -0.1) is 11.3 Å². The number of aromatic nitrogens is 1. The summed E-state index contributed by atoms with van der Waals surface area (Å²) < 4.78 is 5.98. The van der Waals surface area contributed by atoms with Crippen LogP contribution in [0.1, 0.15) is 15.4 Å². The third-order valence-electron chi connectivity index (χ3n) is 2.92. The molecular weight excluding hydrogens is 274 g/mol. The van der Waals surface area contributed by atoms with Crippen LogP contribution in [0, 0.1) is 0 Å². The van der Waals surface area contributed by atoms with Gasteiger partial charge in [0.1, 0.15) is 11.5 Å². The molecule has 2 aromatic carbocycles. The summed E-state index contributed by atoms with van der Waals surface area (Å²) in [6, 6.07) is 11.9. The summed E-state index contributed by atoms with van der Waals surface area (Å²) in [6.45, 7) is 0. The number of hydrogen-bond donors (Lipinski definition) is 1. The molecule has 0 fully saturated rings. The summed E-state index contributed by atoms with van der Waals surface area (Å²) in [6.07, 6.45) is 0. The highest BCUT2D eigenvalue weighted by atomic mass is 32.1. The Morgan fingerprint density at radius 1 is 1.25 bits per heavy atom. The van der Waals surface area contributed by atoms with Crippen LogP contribution in [0.15, 0.2) is 42.5 Å². The second kappa shape index (κ2) is 4.94. The van der Waals surface area contributed by atoms with E-state index in [1.54, 1.807) is 36.4 Å². The number of ether oxygens (including phenoxy) is 1. The molecule has 0 radical (unpaired) electrons. The van der Waals surface area contributed by atoms with Crippen molar-refractivity contribution in [2.75, 3.05) is 7.11 Å². The topological polar surface area (TPSA) is 59.4 Å². The van der Waals surface area contributed by atoms with Crippen molar-refractivity contribution in [2.45, 2.75) is 0 Å². The molecule has 0 amide bonds. The average Bonchev–Trinajstić information content (AvgIpc) is 2.89. The number of hydrogen-bond acceptors (Lipinski definition) is 5. The van der Waals surface area contributed by atoms with E-state index < -0.39 is 0 Å². The second-order valence-corrected chi connectivity index (χ2v) is 5.23. The highest BCUT2D eigenvalue weighted by Gasteiger charge is 2.18. The van der Waals surface area contributed by atoms with Gasteiger partial charge >= 0.3 is 0 Å². The number of aromatic hydroxyl groups is 1. The fourth-order valence-electron chi connectivity index (χ4n) is 1.96. The van der Waals surface area contributed by atoms with Gasteiger partial charge in [-0.1, -0.05) is 12.1 Å². The Bertz CT molecular complexity index is 795. The standard InChI is InChI=1S/C15H11NO3S/c1-19-12-5-3-2-4-10(12)14(18)15-16-11-7-6-9(17)8-13(11)20-15/h2-8,17H,1H3. The smallest absolute Gasteiger partial charge is 0.225 e. The van der Waals surface area contributed by atoms with Crippen molar-refractivity contribution in [3.8, 4) is 11.5 Å². The van der Waals surface area contributed by atoms with Crippen molar-refractivity contribution in [1.82, 2.24) is 4.98 Å². The predicted octanol–water partition coefficient (Wildman–Crippen LogP) is 3.24. The van der Waals surface area contributed by atoms with Gasteiger partial charge in [-0.25, -0.2) is 4.98 Å². The lowest BCUT2D eigenvalue weighted by Gasteiger charge is -2.04. The maximum absolute atomic E-state index is 12.5. The molecule has 0 aliphatic heterocycles. The summed E-state index contributed by atoms with van der Waals surface area (Å²) in [5, 5.41) is 9.84. The largest absolute Gasteiger partial charge is 0.508 e. The molecule has 1 N–H and O–H groups in total. The number of fused-ring (bicyclic) bond motifs is 1. The Labute approximate surface area is 119 Å². The first kappa shape index (κ1) is 12.6. The van der Waals surface area contributed by atoms with Gasteiger partial charge in [-0.2, -0.15) is 0 Å². The predicted molar refractivity (Wildman–Crippen MR) is 77.7 cm³/mol.